The molecule has 4 heteroatoms. The lowest BCUT2D eigenvalue weighted by molar-refractivity contribution is -0.105. The molecule has 15 heavy (non-hydrogen) atoms. The van der Waals surface area contributed by atoms with Gasteiger partial charge in [0.2, 0.25) is 6.41 Å². The Labute approximate surface area is 89.1 Å². The van der Waals surface area contributed by atoms with E-state index in [0.717, 1.165) is 25.2 Å². The van der Waals surface area contributed by atoms with Crippen molar-refractivity contribution in [1.82, 2.24) is 0 Å². The van der Waals surface area contributed by atoms with Crippen LogP contribution in [0.2, 0.25) is 0 Å². The summed E-state index contributed by atoms with van der Waals surface area (Å²) in [7, 11) is 0. The van der Waals surface area contributed by atoms with Crippen LogP contribution in [0, 0.1) is 0 Å². The Bertz CT molecular complexity index is 336. The van der Waals surface area contributed by atoms with Crippen LogP contribution in [0.3, 0.4) is 0 Å². The lowest BCUT2D eigenvalue weighted by atomic mass is 10.2. The number of nitrogens with two attached hydrogens (primary N) is 1. The molecule has 3 N–H and O–H groups in total. The SMILES string of the molecule is NC1CCN(c2ccc(NC=O)cc2)C1. The molecule has 80 valence electrons. The topological polar surface area (TPSA) is 58.4 Å². The number of nitrogens with one attached hydrogen (secondary N) is 1. The van der Waals surface area contributed by atoms with E-state index < -0.39 is 0 Å². The minimum atomic E-state index is 0.290. The Morgan fingerprint density at radius 2 is 2.13 bits per heavy atom. The monoisotopic (exact) mass is 205 g/mol. The van der Waals surface area contributed by atoms with Crippen LogP contribution in [-0.2, 0) is 4.79 Å². The number of hydrogen-bond acceptors (Lipinski definition) is 3. The number of nitrogens with zero attached hydrogens (tertiary/aromatic N) is 1. The normalized spacial score (nSPS) is 20.3. The summed E-state index contributed by atoms with van der Waals surface area (Å²) < 4.78 is 0. The fourth-order valence-electron chi connectivity index (χ4n) is 1.86. The minimum absolute atomic E-state index is 0.290. The molecular formula is C11H15N3O. The average Bonchev–Trinajstić information content (AvgIpc) is 2.67. The minimum Gasteiger partial charge on any atom is -0.370 e. The standard InChI is InChI=1S/C11H15N3O/c12-9-5-6-14(7-9)11-3-1-10(2-4-11)13-8-15/h1-4,8-9H,5-7,12H2,(H,13,15). The third-order valence-corrected chi connectivity index (χ3v) is 2.68. The molecule has 0 radical (unpaired) electrons. The van der Waals surface area contributed by atoms with Crippen molar-refractivity contribution < 1.29 is 4.79 Å². The van der Waals surface area contributed by atoms with E-state index in [9.17, 15) is 4.79 Å². The van der Waals surface area contributed by atoms with Crippen LogP contribution in [-0.4, -0.2) is 25.5 Å². The van der Waals surface area contributed by atoms with Crippen molar-refractivity contribution in [3.63, 3.8) is 0 Å². The van der Waals surface area contributed by atoms with Gasteiger partial charge in [-0.2, -0.15) is 0 Å². The van der Waals surface area contributed by atoms with E-state index in [4.69, 9.17) is 5.73 Å². The van der Waals surface area contributed by atoms with Crippen LogP contribution < -0.4 is 16.0 Å². The van der Waals surface area contributed by atoms with Crippen molar-refractivity contribution in [1.29, 1.82) is 0 Å². The van der Waals surface area contributed by atoms with Gasteiger partial charge in [0, 0.05) is 30.5 Å². The fourth-order valence-corrected chi connectivity index (χ4v) is 1.86. The van der Waals surface area contributed by atoms with Crippen LogP contribution >= 0.6 is 0 Å². The van der Waals surface area contributed by atoms with Gasteiger partial charge in [-0.05, 0) is 30.7 Å². The number of rotatable bonds is 3. The molecule has 1 saturated heterocycles. The first-order valence-corrected chi connectivity index (χ1v) is 5.10. The molecule has 1 aliphatic rings. The van der Waals surface area contributed by atoms with Crippen molar-refractivity contribution in [2.45, 2.75) is 12.5 Å². The van der Waals surface area contributed by atoms with Crippen LogP contribution in [0.5, 0.6) is 0 Å². The first kappa shape index (κ1) is 9.98. The van der Waals surface area contributed by atoms with Crippen LogP contribution in [0.15, 0.2) is 24.3 Å². The smallest absolute Gasteiger partial charge is 0.211 e. The van der Waals surface area contributed by atoms with Gasteiger partial charge in [0.15, 0.2) is 0 Å². The van der Waals surface area contributed by atoms with E-state index in [1.165, 1.54) is 5.69 Å². The van der Waals surface area contributed by atoms with Gasteiger partial charge in [-0.25, -0.2) is 0 Å². The van der Waals surface area contributed by atoms with Gasteiger partial charge in [-0.3, -0.25) is 4.79 Å². The zero-order valence-electron chi connectivity index (χ0n) is 8.52. The molecule has 2 rings (SSSR count). The second-order valence-electron chi connectivity index (χ2n) is 3.80. The molecule has 1 aromatic rings. The van der Waals surface area contributed by atoms with Gasteiger partial charge in [-0.1, -0.05) is 0 Å². The van der Waals surface area contributed by atoms with Crippen molar-refractivity contribution in [3.8, 4) is 0 Å². The largest absolute Gasteiger partial charge is 0.370 e. The molecule has 1 atom stereocenters. The van der Waals surface area contributed by atoms with Gasteiger partial charge in [0.25, 0.3) is 0 Å². The highest BCUT2D eigenvalue weighted by molar-refractivity contribution is 5.72. The van der Waals surface area contributed by atoms with Gasteiger partial charge in [-0.15, -0.1) is 0 Å². The van der Waals surface area contributed by atoms with Crippen molar-refractivity contribution in [2.75, 3.05) is 23.3 Å². The van der Waals surface area contributed by atoms with E-state index in [1.807, 2.05) is 24.3 Å². The molecule has 0 spiro atoms. The van der Waals surface area contributed by atoms with Crippen molar-refractivity contribution >= 4 is 17.8 Å². The third kappa shape index (κ3) is 2.27. The maximum atomic E-state index is 10.2. The van der Waals surface area contributed by atoms with Gasteiger partial charge < -0.3 is 16.0 Å². The highest BCUT2D eigenvalue weighted by Crippen LogP contribution is 2.21. The third-order valence-electron chi connectivity index (χ3n) is 2.68. The van der Waals surface area contributed by atoms with Gasteiger partial charge in [0.1, 0.15) is 0 Å². The summed E-state index contributed by atoms with van der Waals surface area (Å²) >= 11 is 0. The zero-order chi connectivity index (χ0) is 10.7. The fraction of sp³-hybridized carbons (Fsp3) is 0.364. The second-order valence-corrected chi connectivity index (χ2v) is 3.80. The molecule has 1 aromatic carbocycles. The highest BCUT2D eigenvalue weighted by atomic mass is 16.1. The van der Waals surface area contributed by atoms with E-state index >= 15 is 0 Å². The van der Waals surface area contributed by atoms with Gasteiger partial charge in [0.05, 0.1) is 0 Å². The van der Waals surface area contributed by atoms with Crippen molar-refractivity contribution in [3.05, 3.63) is 24.3 Å². The molecular weight excluding hydrogens is 190 g/mol. The number of amides is 1. The molecule has 0 bridgehead atoms. The lowest BCUT2D eigenvalue weighted by Crippen LogP contribution is -2.26. The summed E-state index contributed by atoms with van der Waals surface area (Å²) in [6.07, 6.45) is 1.73. The maximum absolute atomic E-state index is 10.2. The zero-order valence-corrected chi connectivity index (χ0v) is 8.52. The van der Waals surface area contributed by atoms with E-state index in [2.05, 4.69) is 10.2 Å². The van der Waals surface area contributed by atoms with Gasteiger partial charge >= 0.3 is 0 Å². The van der Waals surface area contributed by atoms with Crippen LogP contribution in [0.4, 0.5) is 11.4 Å². The molecule has 0 saturated carbocycles. The summed E-state index contributed by atoms with van der Waals surface area (Å²) in [6, 6.07) is 8.09. The second kappa shape index (κ2) is 4.31. The maximum Gasteiger partial charge on any atom is 0.211 e. The average molecular weight is 205 g/mol. The molecule has 1 heterocycles. The molecule has 0 aliphatic carbocycles. The quantitative estimate of drug-likeness (QED) is 0.717. The number of anilines is 2. The molecule has 0 aromatic heterocycles. The summed E-state index contributed by atoms with van der Waals surface area (Å²) in [5, 5.41) is 2.61. The van der Waals surface area contributed by atoms with E-state index in [-0.39, 0.29) is 6.04 Å². The Hall–Kier alpha value is -1.55. The van der Waals surface area contributed by atoms with E-state index in [1.54, 1.807) is 0 Å². The number of hydrogen-bond donors (Lipinski definition) is 2. The van der Waals surface area contributed by atoms with Crippen LogP contribution in [0.1, 0.15) is 6.42 Å². The lowest BCUT2D eigenvalue weighted by Gasteiger charge is -2.18. The van der Waals surface area contributed by atoms with E-state index in [0.29, 0.717) is 6.41 Å². The van der Waals surface area contributed by atoms with Crippen molar-refractivity contribution in [2.24, 2.45) is 5.73 Å². The summed E-state index contributed by atoms with van der Waals surface area (Å²) in [4.78, 5) is 12.5. The van der Waals surface area contributed by atoms with Crippen LogP contribution in [0.25, 0.3) is 0 Å². The molecule has 1 unspecified atom stereocenters. The first-order valence-electron chi connectivity index (χ1n) is 5.10. The summed E-state index contributed by atoms with van der Waals surface area (Å²) in [5.74, 6) is 0. The number of carbonyl (C=O) groups is 1. The molecule has 1 aliphatic heterocycles. The number of carbonyl (C=O) groups excluding carboxylic acids is 1. The predicted molar refractivity (Wildman–Crippen MR) is 60.9 cm³/mol. The highest BCUT2D eigenvalue weighted by Gasteiger charge is 2.18. The Morgan fingerprint density at radius 1 is 1.40 bits per heavy atom. The first-order chi connectivity index (χ1) is 7.29. The Kier molecular flexibility index (Phi) is 2.87. The molecule has 1 amide bonds. The predicted octanol–water partition coefficient (Wildman–Crippen LogP) is 0.792. The molecule has 1 fully saturated rings. The summed E-state index contributed by atoms with van der Waals surface area (Å²) in [5.41, 5.74) is 7.82. The summed E-state index contributed by atoms with van der Waals surface area (Å²) in [6.45, 7) is 1.93. The Morgan fingerprint density at radius 3 is 2.67 bits per heavy atom. The Balaban J connectivity index is 2.06. The molecule has 4 nitrogen and oxygen atoms in total. The number of benzene rings is 1.